The number of halogens is 1. The lowest BCUT2D eigenvalue weighted by Crippen LogP contribution is -2.30. The summed E-state index contributed by atoms with van der Waals surface area (Å²) in [6, 6.07) is 10.1. The third-order valence-corrected chi connectivity index (χ3v) is 6.14. The summed E-state index contributed by atoms with van der Waals surface area (Å²) in [4.78, 5) is 19.3. The number of carbonyl (C=O) groups excluding carboxylic acids is 1. The molecular weight excluding hydrogens is 422 g/mol. The number of hydrogen-bond donors (Lipinski definition) is 1. The summed E-state index contributed by atoms with van der Waals surface area (Å²) in [6.07, 6.45) is 2.86. The van der Waals surface area contributed by atoms with E-state index >= 15 is 0 Å². The number of ether oxygens (including phenoxy) is 1. The molecule has 2 aromatic heterocycles. The van der Waals surface area contributed by atoms with Crippen molar-refractivity contribution in [1.82, 2.24) is 15.2 Å². The molecule has 1 fully saturated rings. The third-order valence-electron chi connectivity index (χ3n) is 4.09. The Hall–Kier alpha value is -1.51. The highest BCUT2D eigenvalue weighted by Gasteiger charge is 2.40. The van der Waals surface area contributed by atoms with Gasteiger partial charge in [0.25, 0.3) is 0 Å². The molecule has 25 heavy (non-hydrogen) atoms. The van der Waals surface area contributed by atoms with Gasteiger partial charge in [-0.25, -0.2) is 0 Å². The van der Waals surface area contributed by atoms with Crippen molar-refractivity contribution in [3.8, 4) is 0 Å². The number of hydrogen-bond acceptors (Lipinski definition) is 5. The number of nitrogens with zero attached hydrogens (tertiary/aromatic N) is 2. The first-order valence-electron chi connectivity index (χ1n) is 7.90. The smallest absolute Gasteiger partial charge is 0.305 e. The molecule has 0 amide bonds. The quantitative estimate of drug-likeness (QED) is 0.545. The molecule has 0 unspecified atom stereocenters. The van der Waals surface area contributed by atoms with Crippen molar-refractivity contribution in [2.24, 2.45) is 0 Å². The Morgan fingerprint density at radius 3 is 2.92 bits per heavy atom. The van der Waals surface area contributed by atoms with Crippen molar-refractivity contribution in [3.63, 3.8) is 0 Å². The Morgan fingerprint density at radius 1 is 1.44 bits per heavy atom. The number of nitrogens with one attached hydrogen (secondary N) is 1. The summed E-state index contributed by atoms with van der Waals surface area (Å²) in [5.74, 6) is -0.199. The molecule has 1 aliphatic heterocycles. The minimum Gasteiger partial charge on any atom is -0.469 e. The summed E-state index contributed by atoms with van der Waals surface area (Å²) in [5.41, 5.74) is 0.954. The van der Waals surface area contributed by atoms with Crippen LogP contribution in [0.4, 0.5) is 0 Å². The molecule has 1 aliphatic rings. The molecule has 1 N–H and O–H groups in total. The molecule has 3 rings (SSSR count). The number of pyridine rings is 1. The number of aromatic nitrogens is 1. The molecular formula is C17H18BrN3O2S2. The van der Waals surface area contributed by atoms with Crippen LogP contribution in [0.25, 0.3) is 0 Å². The van der Waals surface area contributed by atoms with Gasteiger partial charge < -0.3 is 15.0 Å². The highest BCUT2D eigenvalue weighted by atomic mass is 79.9. The van der Waals surface area contributed by atoms with E-state index in [1.165, 1.54) is 12.0 Å². The van der Waals surface area contributed by atoms with Gasteiger partial charge in [0.2, 0.25) is 0 Å². The lowest BCUT2D eigenvalue weighted by molar-refractivity contribution is -0.140. The van der Waals surface area contributed by atoms with E-state index in [9.17, 15) is 4.79 Å². The topological polar surface area (TPSA) is 54.5 Å². The molecule has 2 aromatic rings. The maximum absolute atomic E-state index is 11.4. The molecule has 0 aromatic carbocycles. The monoisotopic (exact) mass is 439 g/mol. The zero-order chi connectivity index (χ0) is 17.8. The van der Waals surface area contributed by atoms with Gasteiger partial charge in [-0.2, -0.15) is 0 Å². The summed E-state index contributed by atoms with van der Waals surface area (Å²) >= 11 is 10.8. The van der Waals surface area contributed by atoms with E-state index in [0.717, 1.165) is 9.48 Å². The second-order valence-electron chi connectivity index (χ2n) is 5.64. The fourth-order valence-electron chi connectivity index (χ4n) is 2.94. The summed E-state index contributed by atoms with van der Waals surface area (Å²) in [6.45, 7) is 0.685. The molecule has 132 valence electrons. The van der Waals surface area contributed by atoms with Crippen molar-refractivity contribution in [3.05, 3.63) is 50.9 Å². The predicted molar refractivity (Wildman–Crippen MR) is 105 cm³/mol. The molecule has 0 spiro atoms. The van der Waals surface area contributed by atoms with Crippen LogP contribution in [0.5, 0.6) is 0 Å². The largest absolute Gasteiger partial charge is 0.469 e. The van der Waals surface area contributed by atoms with E-state index in [-0.39, 0.29) is 18.1 Å². The number of carbonyl (C=O) groups is 1. The Morgan fingerprint density at radius 2 is 2.28 bits per heavy atom. The van der Waals surface area contributed by atoms with Gasteiger partial charge in [0.15, 0.2) is 5.11 Å². The minimum absolute atomic E-state index is 0.0163. The maximum atomic E-state index is 11.4. The molecule has 2 atom stereocenters. The molecule has 8 heteroatoms. The van der Waals surface area contributed by atoms with Gasteiger partial charge in [-0.1, -0.05) is 6.07 Å². The summed E-state index contributed by atoms with van der Waals surface area (Å²) in [5, 5.41) is 4.09. The van der Waals surface area contributed by atoms with Gasteiger partial charge in [-0.3, -0.25) is 9.78 Å². The van der Waals surface area contributed by atoms with Gasteiger partial charge in [-0.15, -0.1) is 11.3 Å². The van der Waals surface area contributed by atoms with Gasteiger partial charge in [0.05, 0.1) is 28.7 Å². The minimum atomic E-state index is -0.199. The third kappa shape index (κ3) is 4.19. The van der Waals surface area contributed by atoms with Crippen molar-refractivity contribution >= 4 is 50.6 Å². The van der Waals surface area contributed by atoms with Crippen LogP contribution in [0.1, 0.15) is 35.5 Å². The number of thiocarbonyl (C=S) groups is 1. The predicted octanol–water partition coefficient (Wildman–Crippen LogP) is 3.83. The van der Waals surface area contributed by atoms with Crippen LogP contribution >= 0.6 is 39.5 Å². The van der Waals surface area contributed by atoms with Crippen molar-refractivity contribution in [1.29, 1.82) is 0 Å². The standard InChI is InChI=1S/C17H18BrN3O2S2/c1-23-14(22)6-4-10-21-16(12-7-8-13(18)25-12)15(20-17(21)24)11-5-2-3-9-19-11/h2-3,5,7-9,15-16H,4,6,10H2,1H3,(H,20,24)/t15-,16+/m1/s1. The van der Waals surface area contributed by atoms with Gasteiger partial charge in [-0.05, 0) is 58.8 Å². The average molecular weight is 440 g/mol. The van der Waals surface area contributed by atoms with E-state index < -0.39 is 0 Å². The van der Waals surface area contributed by atoms with Crippen LogP contribution in [0.3, 0.4) is 0 Å². The lowest BCUT2D eigenvalue weighted by atomic mass is 10.0. The Bertz CT molecular complexity index is 753. The van der Waals surface area contributed by atoms with Crippen LogP contribution < -0.4 is 5.32 Å². The highest BCUT2D eigenvalue weighted by Crippen LogP contribution is 2.42. The number of thiophene rings is 1. The summed E-state index contributed by atoms with van der Waals surface area (Å²) < 4.78 is 5.81. The molecule has 0 radical (unpaired) electrons. The average Bonchev–Trinajstić information content (AvgIpc) is 3.19. The molecule has 0 saturated carbocycles. The van der Waals surface area contributed by atoms with Crippen LogP contribution in [0, 0.1) is 0 Å². The van der Waals surface area contributed by atoms with Crippen molar-refractivity contribution in [2.45, 2.75) is 24.9 Å². The van der Waals surface area contributed by atoms with E-state index in [0.29, 0.717) is 24.5 Å². The summed E-state index contributed by atoms with van der Waals surface area (Å²) in [7, 11) is 1.41. The normalized spacial score (nSPS) is 19.8. The molecule has 1 saturated heterocycles. The van der Waals surface area contributed by atoms with E-state index in [1.807, 2.05) is 24.3 Å². The molecule has 0 bridgehead atoms. The van der Waals surface area contributed by atoms with E-state index in [2.05, 4.69) is 37.2 Å². The second kappa shape index (κ2) is 8.25. The van der Waals surface area contributed by atoms with Gasteiger partial charge in [0, 0.05) is 24.0 Å². The Labute approximate surface area is 164 Å². The number of esters is 1. The molecule has 3 heterocycles. The van der Waals surface area contributed by atoms with Crippen molar-refractivity contribution < 1.29 is 9.53 Å². The maximum Gasteiger partial charge on any atom is 0.305 e. The Balaban J connectivity index is 1.85. The Kier molecular flexibility index (Phi) is 6.03. The van der Waals surface area contributed by atoms with Gasteiger partial charge in [0.1, 0.15) is 0 Å². The zero-order valence-corrected chi connectivity index (χ0v) is 16.9. The van der Waals surface area contributed by atoms with E-state index in [4.69, 9.17) is 17.0 Å². The molecule has 0 aliphatic carbocycles. The van der Waals surface area contributed by atoms with Crippen LogP contribution in [-0.2, 0) is 9.53 Å². The van der Waals surface area contributed by atoms with Crippen LogP contribution in [0.15, 0.2) is 40.3 Å². The fourth-order valence-corrected chi connectivity index (χ4v) is 4.84. The first kappa shape index (κ1) is 18.3. The van der Waals surface area contributed by atoms with E-state index in [1.54, 1.807) is 17.5 Å². The first-order valence-corrected chi connectivity index (χ1v) is 9.92. The highest BCUT2D eigenvalue weighted by molar-refractivity contribution is 9.11. The van der Waals surface area contributed by atoms with Crippen LogP contribution in [-0.4, -0.2) is 34.6 Å². The number of rotatable bonds is 6. The fraction of sp³-hybridized carbons (Fsp3) is 0.353. The molecule has 5 nitrogen and oxygen atoms in total. The van der Waals surface area contributed by atoms with Gasteiger partial charge >= 0.3 is 5.97 Å². The zero-order valence-electron chi connectivity index (χ0n) is 13.6. The van der Waals surface area contributed by atoms with Crippen molar-refractivity contribution in [2.75, 3.05) is 13.7 Å². The van der Waals surface area contributed by atoms with Crippen LogP contribution in [0.2, 0.25) is 0 Å². The second-order valence-corrected chi connectivity index (χ2v) is 8.52. The lowest BCUT2D eigenvalue weighted by Gasteiger charge is -2.26. The first-order chi connectivity index (χ1) is 12.1. The SMILES string of the molecule is COC(=O)CCCN1C(=S)N[C@H](c2ccccn2)[C@@H]1c1ccc(Br)s1. The number of methoxy groups -OCH3 is 1.